The summed E-state index contributed by atoms with van der Waals surface area (Å²) in [6.45, 7) is 7.43. The molecule has 0 heterocycles. The number of hydrogen-bond acceptors (Lipinski definition) is 2. The van der Waals surface area contributed by atoms with Crippen LogP contribution in [-0.4, -0.2) is 22.3 Å². The first kappa shape index (κ1) is 19.7. The standard InChI is InChI=1S/C24H40O3/c1-15(4-9-22(26)27)19-7-8-20-18-6-5-16-14-17(25)10-12-23(16,2)21(18)11-13-24(19,20)3/h15-21,25H,4-14H2,1-3H3,(H,26,27)/t15?,16-,17-,18?,19?,20?,21?,23+,24-/m1/s1. The molecule has 0 radical (unpaired) electrons. The number of carbonyl (C=O) groups is 1. The molecule has 0 saturated heterocycles. The Hall–Kier alpha value is -0.570. The zero-order valence-corrected chi connectivity index (χ0v) is 17.6. The molecule has 4 aliphatic carbocycles. The zero-order valence-electron chi connectivity index (χ0n) is 17.6. The van der Waals surface area contributed by atoms with Crippen molar-refractivity contribution in [2.24, 2.45) is 46.3 Å². The van der Waals surface area contributed by atoms with Gasteiger partial charge in [-0.2, -0.15) is 0 Å². The van der Waals surface area contributed by atoms with E-state index in [1.807, 2.05) is 0 Å². The van der Waals surface area contributed by atoms with Crippen LogP contribution in [0.4, 0.5) is 0 Å². The first-order chi connectivity index (χ1) is 12.8. The fourth-order valence-corrected chi connectivity index (χ4v) is 8.76. The third kappa shape index (κ3) is 3.16. The van der Waals surface area contributed by atoms with Crippen LogP contribution in [0.2, 0.25) is 0 Å². The summed E-state index contributed by atoms with van der Waals surface area (Å²) in [7, 11) is 0. The van der Waals surface area contributed by atoms with Crippen molar-refractivity contribution in [2.75, 3.05) is 0 Å². The highest BCUT2D eigenvalue weighted by atomic mass is 16.4. The summed E-state index contributed by atoms with van der Waals surface area (Å²) in [5.74, 6) is 3.91. The maximum atomic E-state index is 11.0. The van der Waals surface area contributed by atoms with E-state index in [4.69, 9.17) is 5.11 Å². The normalized spacial score (nSPS) is 50.4. The summed E-state index contributed by atoms with van der Waals surface area (Å²) in [6, 6.07) is 0. The van der Waals surface area contributed by atoms with Crippen LogP contribution in [0.25, 0.3) is 0 Å². The van der Waals surface area contributed by atoms with Gasteiger partial charge in [-0.25, -0.2) is 0 Å². The molecule has 0 bridgehead atoms. The van der Waals surface area contributed by atoms with E-state index in [9.17, 15) is 9.90 Å². The molecule has 2 N–H and O–H groups in total. The van der Waals surface area contributed by atoms with Gasteiger partial charge < -0.3 is 10.2 Å². The Morgan fingerprint density at radius 1 is 1.00 bits per heavy atom. The molecule has 0 amide bonds. The van der Waals surface area contributed by atoms with Crippen LogP contribution in [-0.2, 0) is 4.79 Å². The minimum Gasteiger partial charge on any atom is -0.481 e. The van der Waals surface area contributed by atoms with Crippen molar-refractivity contribution in [3.05, 3.63) is 0 Å². The van der Waals surface area contributed by atoms with Crippen LogP contribution in [0.3, 0.4) is 0 Å². The predicted molar refractivity (Wildman–Crippen MR) is 107 cm³/mol. The molecule has 4 rings (SSSR count). The average Bonchev–Trinajstić information content (AvgIpc) is 2.97. The molecule has 154 valence electrons. The quantitative estimate of drug-likeness (QED) is 0.680. The summed E-state index contributed by atoms with van der Waals surface area (Å²) in [4.78, 5) is 11.0. The Morgan fingerprint density at radius 2 is 1.70 bits per heavy atom. The zero-order chi connectivity index (χ0) is 19.4. The van der Waals surface area contributed by atoms with E-state index >= 15 is 0 Å². The maximum absolute atomic E-state index is 11.0. The van der Waals surface area contributed by atoms with Crippen LogP contribution >= 0.6 is 0 Å². The van der Waals surface area contributed by atoms with E-state index in [0.29, 0.717) is 29.1 Å². The van der Waals surface area contributed by atoms with E-state index in [1.54, 1.807) is 0 Å². The van der Waals surface area contributed by atoms with E-state index in [0.717, 1.165) is 42.9 Å². The molecule has 3 nitrogen and oxygen atoms in total. The van der Waals surface area contributed by atoms with Gasteiger partial charge in [0.05, 0.1) is 6.10 Å². The molecular weight excluding hydrogens is 336 g/mol. The predicted octanol–water partition coefficient (Wildman–Crippen LogP) is 5.51. The van der Waals surface area contributed by atoms with E-state index in [2.05, 4.69) is 20.8 Å². The van der Waals surface area contributed by atoms with E-state index < -0.39 is 5.97 Å². The Balaban J connectivity index is 1.51. The first-order valence-corrected chi connectivity index (χ1v) is 11.7. The number of hydrogen-bond donors (Lipinski definition) is 2. The Labute approximate surface area is 165 Å². The number of aliphatic carboxylic acids is 1. The van der Waals surface area contributed by atoms with Gasteiger partial charge in [0.2, 0.25) is 0 Å². The Bertz CT molecular complexity index is 574. The summed E-state index contributed by atoms with van der Waals surface area (Å²) in [6.07, 6.45) is 12.4. The van der Waals surface area contributed by atoms with Gasteiger partial charge in [-0.05, 0) is 111 Å². The van der Waals surface area contributed by atoms with Crippen molar-refractivity contribution in [3.8, 4) is 0 Å². The molecule has 0 spiro atoms. The van der Waals surface area contributed by atoms with Gasteiger partial charge in [0.15, 0.2) is 0 Å². The van der Waals surface area contributed by atoms with Crippen molar-refractivity contribution < 1.29 is 15.0 Å². The lowest BCUT2D eigenvalue weighted by Gasteiger charge is -2.61. The molecule has 9 atom stereocenters. The molecule has 4 saturated carbocycles. The number of fused-ring (bicyclic) bond motifs is 5. The van der Waals surface area contributed by atoms with Crippen molar-refractivity contribution in [1.82, 2.24) is 0 Å². The minimum atomic E-state index is -0.643. The smallest absolute Gasteiger partial charge is 0.303 e. The first-order valence-electron chi connectivity index (χ1n) is 11.7. The monoisotopic (exact) mass is 376 g/mol. The second kappa shape index (κ2) is 7.04. The van der Waals surface area contributed by atoms with Crippen LogP contribution in [0.5, 0.6) is 0 Å². The molecule has 27 heavy (non-hydrogen) atoms. The second-order valence-corrected chi connectivity index (χ2v) is 11.2. The fraction of sp³-hybridized carbons (Fsp3) is 0.958. The van der Waals surface area contributed by atoms with Crippen molar-refractivity contribution in [3.63, 3.8) is 0 Å². The lowest BCUT2D eigenvalue weighted by Crippen LogP contribution is -2.54. The van der Waals surface area contributed by atoms with Gasteiger partial charge in [0.1, 0.15) is 0 Å². The van der Waals surface area contributed by atoms with Gasteiger partial charge in [-0.15, -0.1) is 0 Å². The van der Waals surface area contributed by atoms with Gasteiger partial charge in [-0.3, -0.25) is 4.79 Å². The van der Waals surface area contributed by atoms with Gasteiger partial charge in [-0.1, -0.05) is 20.8 Å². The van der Waals surface area contributed by atoms with Gasteiger partial charge in [0, 0.05) is 6.42 Å². The van der Waals surface area contributed by atoms with Crippen LogP contribution in [0, 0.1) is 46.3 Å². The molecular formula is C24H40O3. The Kier molecular flexibility index (Phi) is 5.15. The lowest BCUT2D eigenvalue weighted by molar-refractivity contribution is -0.138. The number of carboxylic acids is 1. The van der Waals surface area contributed by atoms with Crippen LogP contribution < -0.4 is 0 Å². The highest BCUT2D eigenvalue weighted by molar-refractivity contribution is 5.66. The number of aliphatic hydroxyl groups excluding tert-OH is 1. The number of rotatable bonds is 4. The third-order valence-electron chi connectivity index (χ3n) is 10.2. The highest BCUT2D eigenvalue weighted by Gasteiger charge is 2.60. The molecule has 4 aliphatic rings. The van der Waals surface area contributed by atoms with Gasteiger partial charge >= 0.3 is 5.97 Å². The Morgan fingerprint density at radius 3 is 2.44 bits per heavy atom. The second-order valence-electron chi connectivity index (χ2n) is 11.2. The summed E-state index contributed by atoms with van der Waals surface area (Å²) < 4.78 is 0. The summed E-state index contributed by atoms with van der Waals surface area (Å²) in [5.41, 5.74) is 0.882. The fourth-order valence-electron chi connectivity index (χ4n) is 8.76. The maximum Gasteiger partial charge on any atom is 0.303 e. The van der Waals surface area contributed by atoms with Crippen LogP contribution in [0.15, 0.2) is 0 Å². The average molecular weight is 377 g/mol. The molecule has 0 aliphatic heterocycles. The summed E-state index contributed by atoms with van der Waals surface area (Å²) in [5, 5.41) is 19.3. The third-order valence-corrected chi connectivity index (χ3v) is 10.2. The minimum absolute atomic E-state index is 0.0561. The molecule has 0 aromatic rings. The van der Waals surface area contributed by atoms with Gasteiger partial charge in [0.25, 0.3) is 0 Å². The lowest BCUT2D eigenvalue weighted by atomic mass is 9.44. The van der Waals surface area contributed by atoms with Crippen molar-refractivity contribution >= 4 is 5.97 Å². The highest BCUT2D eigenvalue weighted by Crippen LogP contribution is 2.68. The van der Waals surface area contributed by atoms with E-state index in [1.165, 1.54) is 44.9 Å². The molecule has 5 unspecified atom stereocenters. The van der Waals surface area contributed by atoms with Crippen LogP contribution in [0.1, 0.15) is 91.4 Å². The number of carboxylic acid groups (broad SMARTS) is 1. The molecule has 3 heteroatoms. The largest absolute Gasteiger partial charge is 0.481 e. The number of aliphatic hydroxyl groups is 1. The van der Waals surface area contributed by atoms with Crippen molar-refractivity contribution in [1.29, 1.82) is 0 Å². The SMILES string of the molecule is CC(CCC(=O)O)C1CCC2C3CC[C@@H]4C[C@H](O)CC[C@]4(C)C3CC[C@]12C. The topological polar surface area (TPSA) is 57.5 Å². The molecule has 0 aromatic carbocycles. The molecule has 0 aromatic heterocycles. The summed E-state index contributed by atoms with van der Waals surface area (Å²) >= 11 is 0. The van der Waals surface area contributed by atoms with E-state index in [-0.39, 0.29) is 6.10 Å². The molecule has 4 fully saturated rings. The van der Waals surface area contributed by atoms with Crippen molar-refractivity contribution in [2.45, 2.75) is 97.5 Å².